The molecule has 3 nitrogen and oxygen atoms in total. The topological polar surface area (TPSA) is 26.2 Å². The van der Waals surface area contributed by atoms with Crippen molar-refractivity contribution in [3.05, 3.63) is 53.4 Å². The number of aromatic nitrogens is 1. The number of benzene rings is 2. The third-order valence-corrected chi connectivity index (χ3v) is 9.04. The van der Waals surface area contributed by atoms with Crippen molar-refractivity contribution in [1.29, 1.82) is 0 Å². The fraction of sp³-hybridized carbons (Fsp3) is 0.433. The maximum Gasteiger partial charge on any atom is 0.228 e. The summed E-state index contributed by atoms with van der Waals surface area (Å²) in [6, 6.07) is 9.08. The summed E-state index contributed by atoms with van der Waals surface area (Å²) in [5.41, 5.74) is 7.66. The maximum atomic E-state index is 6.75. The summed E-state index contributed by atoms with van der Waals surface area (Å²) in [6.45, 7) is 9.05. The predicted molar refractivity (Wildman–Crippen MR) is 134 cm³/mol. The van der Waals surface area contributed by atoms with E-state index in [9.17, 15) is 0 Å². The van der Waals surface area contributed by atoms with Crippen molar-refractivity contribution in [1.82, 2.24) is 0 Å². The zero-order chi connectivity index (χ0) is 22.9. The summed E-state index contributed by atoms with van der Waals surface area (Å²) in [6.07, 6.45) is 11.8. The number of ether oxygens (including phenoxy) is 1. The number of furan rings is 1. The molecule has 0 atom stereocenters. The number of aryl methyl sites for hydroxylation is 3. The van der Waals surface area contributed by atoms with Crippen LogP contribution in [0, 0.1) is 19.3 Å². The minimum atomic E-state index is 0.558. The lowest BCUT2D eigenvalue weighted by Crippen LogP contribution is -2.32. The first-order chi connectivity index (χ1) is 16.0. The SMILES string of the molecule is CCC1(CC)CCC(c2cc3c4c([n+](C)ccc4c2)-c2c(c(C)c4ccoc4c2C)O3)CC1. The van der Waals surface area contributed by atoms with Gasteiger partial charge >= 0.3 is 0 Å². The summed E-state index contributed by atoms with van der Waals surface area (Å²) in [5, 5.41) is 3.64. The summed E-state index contributed by atoms with van der Waals surface area (Å²) >= 11 is 0. The zero-order valence-electron chi connectivity index (χ0n) is 20.5. The van der Waals surface area contributed by atoms with Gasteiger partial charge in [-0.1, -0.05) is 32.8 Å². The molecule has 1 aliphatic heterocycles. The van der Waals surface area contributed by atoms with Gasteiger partial charge in [0, 0.05) is 22.6 Å². The van der Waals surface area contributed by atoms with E-state index in [1.807, 2.05) is 0 Å². The summed E-state index contributed by atoms with van der Waals surface area (Å²) in [7, 11) is 2.14. The van der Waals surface area contributed by atoms with Crippen LogP contribution in [0.3, 0.4) is 0 Å². The van der Waals surface area contributed by atoms with E-state index in [4.69, 9.17) is 9.15 Å². The van der Waals surface area contributed by atoms with E-state index in [0.717, 1.165) is 39.2 Å². The standard InChI is InChI=1S/C30H34NO2/c1-6-30(7-2)12-8-20(9-13-30)22-16-21-10-14-31(5)27-25-19(4)28-23(11-15-32-28)18(3)29(25)33-24(17-22)26(21)27/h10-11,14-17,20H,6-9,12-13H2,1-5H3/q+1. The second-order valence-electron chi connectivity index (χ2n) is 10.5. The van der Waals surface area contributed by atoms with E-state index in [1.165, 1.54) is 60.6 Å². The highest BCUT2D eigenvalue weighted by molar-refractivity contribution is 6.05. The first-order valence-corrected chi connectivity index (χ1v) is 12.6. The van der Waals surface area contributed by atoms with Gasteiger partial charge in [-0.2, -0.15) is 0 Å². The van der Waals surface area contributed by atoms with Gasteiger partial charge in [0.2, 0.25) is 5.69 Å². The second-order valence-corrected chi connectivity index (χ2v) is 10.5. The van der Waals surface area contributed by atoms with Crippen molar-refractivity contribution in [3.8, 4) is 22.8 Å². The van der Waals surface area contributed by atoms with Gasteiger partial charge < -0.3 is 9.15 Å². The normalized spacial score (nSPS) is 17.4. The molecule has 2 aliphatic rings. The van der Waals surface area contributed by atoms with Crippen LogP contribution in [0.4, 0.5) is 0 Å². The molecule has 4 aromatic rings. The Kier molecular flexibility index (Phi) is 4.62. The molecule has 0 bridgehead atoms. The summed E-state index contributed by atoms with van der Waals surface area (Å²) in [5.74, 6) is 2.61. The molecule has 2 aromatic heterocycles. The predicted octanol–water partition coefficient (Wildman–Crippen LogP) is 8.26. The third kappa shape index (κ3) is 2.90. The molecule has 1 fully saturated rings. The number of hydrogen-bond donors (Lipinski definition) is 0. The molecule has 0 amide bonds. The number of fused-ring (bicyclic) bond motifs is 3. The van der Waals surface area contributed by atoms with Gasteiger partial charge in [-0.05, 0) is 73.9 Å². The smallest absolute Gasteiger partial charge is 0.228 e. The van der Waals surface area contributed by atoms with Crippen LogP contribution < -0.4 is 9.30 Å². The highest BCUT2D eigenvalue weighted by Crippen LogP contribution is 2.52. The van der Waals surface area contributed by atoms with Crippen molar-refractivity contribution < 1.29 is 13.7 Å². The van der Waals surface area contributed by atoms with Crippen LogP contribution in [0.5, 0.6) is 11.5 Å². The van der Waals surface area contributed by atoms with Crippen LogP contribution in [0.25, 0.3) is 33.0 Å². The number of rotatable bonds is 3. The minimum absolute atomic E-state index is 0.558. The van der Waals surface area contributed by atoms with Gasteiger partial charge in [-0.25, -0.2) is 4.57 Å². The van der Waals surface area contributed by atoms with Crippen LogP contribution >= 0.6 is 0 Å². The van der Waals surface area contributed by atoms with Crippen LogP contribution in [0.1, 0.15) is 75.0 Å². The van der Waals surface area contributed by atoms with E-state index in [0.29, 0.717) is 11.3 Å². The highest BCUT2D eigenvalue weighted by Gasteiger charge is 2.35. The largest absolute Gasteiger partial charge is 0.464 e. The average molecular weight is 441 g/mol. The minimum Gasteiger partial charge on any atom is -0.464 e. The molecule has 2 aromatic carbocycles. The highest BCUT2D eigenvalue weighted by atomic mass is 16.5. The molecule has 6 rings (SSSR count). The molecule has 3 heteroatoms. The van der Waals surface area contributed by atoms with Crippen LogP contribution in [-0.4, -0.2) is 0 Å². The Morgan fingerprint density at radius 1 is 1.03 bits per heavy atom. The Hall–Kier alpha value is -2.81. The Labute approximate surface area is 196 Å². The third-order valence-electron chi connectivity index (χ3n) is 9.04. The van der Waals surface area contributed by atoms with Gasteiger partial charge in [0.1, 0.15) is 24.1 Å². The van der Waals surface area contributed by atoms with E-state index >= 15 is 0 Å². The molecular formula is C30H34NO2+. The monoisotopic (exact) mass is 440 g/mol. The molecule has 1 aliphatic carbocycles. The second kappa shape index (κ2) is 7.35. The molecule has 0 unspecified atom stereocenters. The fourth-order valence-electron chi connectivity index (χ4n) is 6.64. The van der Waals surface area contributed by atoms with E-state index < -0.39 is 0 Å². The van der Waals surface area contributed by atoms with Crippen LogP contribution in [-0.2, 0) is 7.05 Å². The lowest BCUT2D eigenvalue weighted by atomic mass is 9.66. The molecular weight excluding hydrogens is 406 g/mol. The van der Waals surface area contributed by atoms with Crippen molar-refractivity contribution in [2.75, 3.05) is 0 Å². The molecule has 0 spiro atoms. The van der Waals surface area contributed by atoms with Crippen LogP contribution in [0.2, 0.25) is 0 Å². The first-order valence-electron chi connectivity index (χ1n) is 12.6. The van der Waals surface area contributed by atoms with Gasteiger partial charge in [0.05, 0.1) is 17.2 Å². The first kappa shape index (κ1) is 20.8. The van der Waals surface area contributed by atoms with Gasteiger partial charge in [0.25, 0.3) is 0 Å². The van der Waals surface area contributed by atoms with E-state index in [1.54, 1.807) is 6.26 Å². The Bertz CT molecular complexity index is 1400. The quantitative estimate of drug-likeness (QED) is 0.264. The summed E-state index contributed by atoms with van der Waals surface area (Å²) in [4.78, 5) is 0. The Morgan fingerprint density at radius 3 is 2.52 bits per heavy atom. The molecule has 0 N–H and O–H groups in total. The van der Waals surface area contributed by atoms with E-state index in [2.05, 4.69) is 69.8 Å². The van der Waals surface area contributed by atoms with Gasteiger partial charge in [0.15, 0.2) is 6.20 Å². The number of pyridine rings is 1. The molecule has 0 radical (unpaired) electrons. The van der Waals surface area contributed by atoms with Crippen molar-refractivity contribution in [2.45, 2.75) is 72.1 Å². The van der Waals surface area contributed by atoms with Crippen molar-refractivity contribution in [2.24, 2.45) is 12.5 Å². The fourth-order valence-corrected chi connectivity index (χ4v) is 6.64. The Morgan fingerprint density at radius 2 is 1.79 bits per heavy atom. The van der Waals surface area contributed by atoms with E-state index in [-0.39, 0.29) is 0 Å². The molecule has 3 heterocycles. The lowest BCUT2D eigenvalue weighted by Gasteiger charge is -2.39. The molecule has 1 saturated carbocycles. The number of hydrogen-bond acceptors (Lipinski definition) is 2. The average Bonchev–Trinajstić information content (AvgIpc) is 3.34. The number of nitrogens with zero attached hydrogens (tertiary/aromatic N) is 1. The maximum absolute atomic E-state index is 6.75. The summed E-state index contributed by atoms with van der Waals surface area (Å²) < 4.78 is 14.9. The molecule has 33 heavy (non-hydrogen) atoms. The zero-order valence-corrected chi connectivity index (χ0v) is 20.5. The molecule has 170 valence electrons. The van der Waals surface area contributed by atoms with Crippen LogP contribution in [0.15, 0.2) is 41.1 Å². The van der Waals surface area contributed by atoms with Crippen molar-refractivity contribution >= 4 is 21.7 Å². The van der Waals surface area contributed by atoms with Gasteiger partial charge in [-0.15, -0.1) is 0 Å². The van der Waals surface area contributed by atoms with Gasteiger partial charge in [-0.3, -0.25) is 0 Å². The Balaban J connectivity index is 1.52. The lowest BCUT2D eigenvalue weighted by molar-refractivity contribution is -0.659. The van der Waals surface area contributed by atoms with Crippen molar-refractivity contribution in [3.63, 3.8) is 0 Å². The molecule has 0 saturated heterocycles.